The van der Waals surface area contributed by atoms with E-state index >= 15 is 0 Å². The number of hydrogen-bond acceptors (Lipinski definition) is 3. The highest BCUT2D eigenvalue weighted by Crippen LogP contribution is 2.25. The van der Waals surface area contributed by atoms with Crippen molar-refractivity contribution in [3.8, 4) is 0 Å². The molecule has 17 heavy (non-hydrogen) atoms. The lowest BCUT2D eigenvalue weighted by atomic mass is 10.1. The molecule has 0 aromatic heterocycles. The van der Waals surface area contributed by atoms with Crippen molar-refractivity contribution in [2.75, 3.05) is 6.54 Å². The largest absolute Gasteiger partial charge is 0.388 e. The van der Waals surface area contributed by atoms with Crippen LogP contribution in [0.2, 0.25) is 5.02 Å². The Morgan fingerprint density at radius 1 is 1.53 bits per heavy atom. The maximum absolute atomic E-state index is 12.7. The molecular formula is C9H12ClFN2O3S. The smallest absolute Gasteiger partial charge is 0.274 e. The Labute approximate surface area is 104 Å². The Morgan fingerprint density at radius 3 is 2.71 bits per heavy atom. The van der Waals surface area contributed by atoms with E-state index < -0.39 is 22.1 Å². The van der Waals surface area contributed by atoms with E-state index in [0.717, 1.165) is 12.1 Å². The second-order valence-electron chi connectivity index (χ2n) is 3.41. The zero-order valence-electron chi connectivity index (χ0n) is 8.73. The maximum Gasteiger partial charge on any atom is 0.274 e. The predicted molar refractivity (Wildman–Crippen MR) is 62.1 cm³/mol. The van der Waals surface area contributed by atoms with E-state index in [2.05, 4.69) is 0 Å². The van der Waals surface area contributed by atoms with Gasteiger partial charge in [0.25, 0.3) is 10.2 Å². The van der Waals surface area contributed by atoms with Crippen LogP contribution >= 0.6 is 11.6 Å². The molecule has 0 aliphatic heterocycles. The van der Waals surface area contributed by atoms with Crippen molar-refractivity contribution in [3.63, 3.8) is 0 Å². The summed E-state index contributed by atoms with van der Waals surface area (Å²) in [7, 11) is -3.77. The van der Waals surface area contributed by atoms with Crippen molar-refractivity contribution >= 4 is 21.8 Å². The minimum atomic E-state index is -3.77. The molecule has 0 fully saturated rings. The monoisotopic (exact) mass is 282 g/mol. The molecule has 0 heterocycles. The lowest BCUT2D eigenvalue weighted by Crippen LogP contribution is -2.32. The van der Waals surface area contributed by atoms with Crippen molar-refractivity contribution in [1.29, 1.82) is 0 Å². The molecule has 1 aromatic carbocycles. The topological polar surface area (TPSA) is 92.4 Å². The number of rotatable bonds is 5. The molecule has 8 heteroatoms. The van der Waals surface area contributed by atoms with Gasteiger partial charge < -0.3 is 5.11 Å². The molecule has 0 saturated carbocycles. The fourth-order valence-corrected chi connectivity index (χ4v) is 1.96. The summed E-state index contributed by atoms with van der Waals surface area (Å²) in [4.78, 5) is 0. The Hall–Kier alpha value is -0.730. The number of halogens is 2. The van der Waals surface area contributed by atoms with Gasteiger partial charge in [0, 0.05) is 11.6 Å². The Bertz CT molecular complexity index is 495. The number of nitrogens with one attached hydrogen (secondary N) is 1. The van der Waals surface area contributed by atoms with Gasteiger partial charge in [-0.05, 0) is 24.1 Å². The van der Waals surface area contributed by atoms with Crippen LogP contribution in [0.15, 0.2) is 18.2 Å². The molecule has 0 aliphatic carbocycles. The number of aliphatic hydroxyl groups excluding tert-OH is 1. The van der Waals surface area contributed by atoms with E-state index in [1.165, 1.54) is 6.07 Å². The average molecular weight is 283 g/mol. The Balaban J connectivity index is 2.61. The third-order valence-electron chi connectivity index (χ3n) is 2.04. The van der Waals surface area contributed by atoms with Crippen LogP contribution in [0.3, 0.4) is 0 Å². The highest BCUT2D eigenvalue weighted by atomic mass is 35.5. The van der Waals surface area contributed by atoms with Crippen molar-refractivity contribution in [3.05, 3.63) is 34.6 Å². The summed E-state index contributed by atoms with van der Waals surface area (Å²) >= 11 is 5.73. The van der Waals surface area contributed by atoms with Crippen LogP contribution in [0.5, 0.6) is 0 Å². The van der Waals surface area contributed by atoms with E-state index in [1.54, 1.807) is 0 Å². The van der Waals surface area contributed by atoms with E-state index in [1.807, 2.05) is 4.72 Å². The molecule has 4 N–H and O–H groups in total. The standard InChI is InChI=1S/C9H12ClFN2O3S/c10-8-5-6(11)1-2-7(8)9(14)3-4-13-17(12,15)16/h1-2,5,9,13-14H,3-4H2,(H2,12,15,16). The molecule has 1 atom stereocenters. The molecule has 0 bridgehead atoms. The molecule has 0 saturated heterocycles. The molecule has 1 unspecified atom stereocenters. The molecule has 0 radical (unpaired) electrons. The van der Waals surface area contributed by atoms with Gasteiger partial charge in [0.15, 0.2) is 0 Å². The minimum Gasteiger partial charge on any atom is -0.388 e. The quantitative estimate of drug-likeness (QED) is 0.742. The first kappa shape index (κ1) is 14.3. The normalized spacial score (nSPS) is 13.6. The van der Waals surface area contributed by atoms with Crippen molar-refractivity contribution < 1.29 is 17.9 Å². The number of nitrogens with two attached hydrogens (primary N) is 1. The summed E-state index contributed by atoms with van der Waals surface area (Å²) in [6.07, 6.45) is -0.903. The van der Waals surface area contributed by atoms with Gasteiger partial charge in [-0.15, -0.1) is 0 Å². The molecular weight excluding hydrogens is 271 g/mol. The first-order valence-corrected chi connectivity index (χ1v) is 6.62. The van der Waals surface area contributed by atoms with Crippen molar-refractivity contribution in [1.82, 2.24) is 4.72 Å². The van der Waals surface area contributed by atoms with E-state index in [0.29, 0.717) is 5.56 Å². The fourth-order valence-electron chi connectivity index (χ4n) is 1.27. The summed E-state index contributed by atoms with van der Waals surface area (Å²) in [5.74, 6) is -0.506. The minimum absolute atomic E-state index is 0.0340. The van der Waals surface area contributed by atoms with Crippen LogP contribution in [0, 0.1) is 5.82 Å². The lowest BCUT2D eigenvalue weighted by Gasteiger charge is -2.12. The van der Waals surface area contributed by atoms with Gasteiger partial charge in [0.2, 0.25) is 0 Å². The van der Waals surface area contributed by atoms with E-state index in [-0.39, 0.29) is 18.0 Å². The highest BCUT2D eigenvalue weighted by Gasteiger charge is 2.13. The van der Waals surface area contributed by atoms with Crippen LogP contribution in [-0.4, -0.2) is 20.1 Å². The number of benzene rings is 1. The zero-order valence-corrected chi connectivity index (χ0v) is 10.3. The van der Waals surface area contributed by atoms with Crippen LogP contribution in [0.1, 0.15) is 18.1 Å². The average Bonchev–Trinajstić information content (AvgIpc) is 2.15. The van der Waals surface area contributed by atoms with E-state index in [9.17, 15) is 17.9 Å². The van der Waals surface area contributed by atoms with Crippen LogP contribution < -0.4 is 9.86 Å². The fraction of sp³-hybridized carbons (Fsp3) is 0.333. The first-order valence-electron chi connectivity index (χ1n) is 4.70. The van der Waals surface area contributed by atoms with Crippen LogP contribution in [-0.2, 0) is 10.2 Å². The third kappa shape index (κ3) is 4.97. The van der Waals surface area contributed by atoms with E-state index in [4.69, 9.17) is 16.7 Å². The van der Waals surface area contributed by atoms with Gasteiger partial charge in [-0.2, -0.15) is 8.42 Å². The van der Waals surface area contributed by atoms with Gasteiger partial charge in [-0.1, -0.05) is 17.7 Å². The second kappa shape index (κ2) is 5.74. The van der Waals surface area contributed by atoms with Gasteiger partial charge in [0.05, 0.1) is 6.10 Å². The highest BCUT2D eigenvalue weighted by molar-refractivity contribution is 7.87. The Morgan fingerprint density at radius 2 is 2.18 bits per heavy atom. The molecule has 1 aromatic rings. The Kier molecular flexibility index (Phi) is 4.84. The van der Waals surface area contributed by atoms with Crippen LogP contribution in [0.25, 0.3) is 0 Å². The van der Waals surface area contributed by atoms with Gasteiger partial charge in [-0.3, -0.25) is 0 Å². The zero-order chi connectivity index (χ0) is 13.1. The molecule has 1 rings (SSSR count). The number of aliphatic hydroxyl groups is 1. The SMILES string of the molecule is NS(=O)(=O)NCCC(O)c1ccc(F)cc1Cl. The summed E-state index contributed by atoms with van der Waals surface area (Å²) in [5.41, 5.74) is 0.337. The van der Waals surface area contributed by atoms with Crippen molar-refractivity contribution in [2.45, 2.75) is 12.5 Å². The summed E-state index contributed by atoms with van der Waals surface area (Å²) < 4.78 is 35.9. The lowest BCUT2D eigenvalue weighted by molar-refractivity contribution is 0.169. The molecule has 96 valence electrons. The third-order valence-corrected chi connectivity index (χ3v) is 2.98. The molecule has 0 amide bonds. The predicted octanol–water partition coefficient (Wildman–Crippen LogP) is 0.696. The molecule has 0 spiro atoms. The second-order valence-corrected chi connectivity index (χ2v) is 5.20. The van der Waals surface area contributed by atoms with Crippen LogP contribution in [0.4, 0.5) is 4.39 Å². The summed E-state index contributed by atoms with van der Waals surface area (Å²) in [6, 6.07) is 3.59. The number of hydrogen-bond donors (Lipinski definition) is 3. The summed E-state index contributed by atoms with van der Waals surface area (Å²) in [6.45, 7) is -0.0340. The van der Waals surface area contributed by atoms with Gasteiger partial charge in [0.1, 0.15) is 5.82 Å². The van der Waals surface area contributed by atoms with Gasteiger partial charge >= 0.3 is 0 Å². The van der Waals surface area contributed by atoms with Gasteiger partial charge in [-0.25, -0.2) is 14.3 Å². The maximum atomic E-state index is 12.7. The molecule has 0 aliphatic rings. The molecule has 5 nitrogen and oxygen atoms in total. The first-order chi connectivity index (χ1) is 7.79. The summed E-state index contributed by atoms with van der Waals surface area (Å²) in [5, 5.41) is 14.5. The van der Waals surface area contributed by atoms with Crippen molar-refractivity contribution in [2.24, 2.45) is 5.14 Å².